The molecule has 0 radical (unpaired) electrons. The molecule has 2 aromatic rings. The van der Waals surface area contributed by atoms with E-state index in [-0.39, 0.29) is 11.8 Å². The highest BCUT2D eigenvalue weighted by molar-refractivity contribution is 5.94. The molecule has 2 rings (SSSR count). The second-order valence-electron chi connectivity index (χ2n) is 6.72. The normalized spacial score (nSPS) is 10.3. The van der Waals surface area contributed by atoms with Crippen LogP contribution in [0.5, 0.6) is 11.5 Å². The van der Waals surface area contributed by atoms with E-state index in [0.29, 0.717) is 36.6 Å². The summed E-state index contributed by atoms with van der Waals surface area (Å²) < 4.78 is 10.5. The summed E-state index contributed by atoms with van der Waals surface area (Å²) in [5.41, 5.74) is 1.75. The fourth-order valence-electron chi connectivity index (χ4n) is 2.95. The number of ether oxygens (including phenoxy) is 2. The molecule has 0 aliphatic heterocycles. The van der Waals surface area contributed by atoms with E-state index in [4.69, 9.17) is 9.47 Å². The van der Waals surface area contributed by atoms with Crippen LogP contribution in [0.2, 0.25) is 0 Å². The molecule has 6 nitrogen and oxygen atoms in total. The van der Waals surface area contributed by atoms with Crippen LogP contribution in [0.1, 0.15) is 41.6 Å². The minimum absolute atomic E-state index is 0.0544. The summed E-state index contributed by atoms with van der Waals surface area (Å²) in [5.74, 6) is 1.38. The van der Waals surface area contributed by atoms with Gasteiger partial charge in [0, 0.05) is 25.1 Å². The summed E-state index contributed by atoms with van der Waals surface area (Å²) in [5, 5.41) is 5.85. The van der Waals surface area contributed by atoms with Crippen molar-refractivity contribution in [1.82, 2.24) is 10.6 Å². The number of amides is 2. The van der Waals surface area contributed by atoms with Gasteiger partial charge < -0.3 is 20.1 Å². The molecule has 0 saturated heterocycles. The van der Waals surface area contributed by atoms with Gasteiger partial charge in [-0.05, 0) is 49.1 Å². The first-order valence-electron chi connectivity index (χ1n) is 9.95. The molecule has 156 valence electrons. The number of benzene rings is 2. The Kier molecular flexibility index (Phi) is 9.55. The van der Waals surface area contributed by atoms with E-state index in [1.165, 1.54) is 0 Å². The zero-order valence-corrected chi connectivity index (χ0v) is 17.2. The van der Waals surface area contributed by atoms with Gasteiger partial charge in [-0.3, -0.25) is 9.59 Å². The Labute approximate surface area is 172 Å². The Morgan fingerprint density at radius 3 is 2.31 bits per heavy atom. The van der Waals surface area contributed by atoms with Crippen molar-refractivity contribution in [3.8, 4) is 11.5 Å². The van der Waals surface area contributed by atoms with Gasteiger partial charge >= 0.3 is 0 Å². The van der Waals surface area contributed by atoms with Crippen LogP contribution in [-0.2, 0) is 11.2 Å². The van der Waals surface area contributed by atoms with Crippen LogP contribution in [0.3, 0.4) is 0 Å². The van der Waals surface area contributed by atoms with Crippen LogP contribution >= 0.6 is 0 Å². The maximum absolute atomic E-state index is 12.0. The molecule has 2 N–H and O–H groups in total. The summed E-state index contributed by atoms with van der Waals surface area (Å²) in [4.78, 5) is 23.9. The average molecular weight is 399 g/mol. The van der Waals surface area contributed by atoms with Crippen molar-refractivity contribution in [3.63, 3.8) is 0 Å². The number of carbonyl (C=O) groups excluding carboxylic acids is 2. The molecule has 0 atom stereocenters. The number of methoxy groups -OCH3 is 2. The molecular weight excluding hydrogens is 368 g/mol. The third-order valence-electron chi connectivity index (χ3n) is 4.59. The van der Waals surface area contributed by atoms with Gasteiger partial charge in [-0.1, -0.05) is 30.7 Å². The summed E-state index contributed by atoms with van der Waals surface area (Å²) in [7, 11) is 3.21. The Hall–Kier alpha value is -3.02. The van der Waals surface area contributed by atoms with Gasteiger partial charge in [-0.2, -0.15) is 0 Å². The van der Waals surface area contributed by atoms with E-state index >= 15 is 0 Å². The van der Waals surface area contributed by atoms with E-state index in [1.54, 1.807) is 26.4 Å². The third-order valence-corrected chi connectivity index (χ3v) is 4.59. The minimum atomic E-state index is -0.0569. The number of carbonyl (C=O) groups is 2. The minimum Gasteiger partial charge on any atom is -0.493 e. The number of hydrogen-bond donors (Lipinski definition) is 2. The Balaban J connectivity index is 1.54. The van der Waals surface area contributed by atoms with Crippen molar-refractivity contribution in [2.24, 2.45) is 0 Å². The maximum atomic E-state index is 12.0. The molecule has 2 amide bonds. The molecule has 0 aromatic heterocycles. The first-order chi connectivity index (χ1) is 14.1. The van der Waals surface area contributed by atoms with E-state index in [2.05, 4.69) is 10.6 Å². The summed E-state index contributed by atoms with van der Waals surface area (Å²) in [6, 6.07) is 14.9. The number of unbranched alkanes of at least 4 members (excludes halogenated alkanes) is 2. The predicted molar refractivity (Wildman–Crippen MR) is 114 cm³/mol. The SMILES string of the molecule is COc1ccc(CCNC(=O)CCCCCNC(=O)c2ccccc2)cc1OC. The van der Waals surface area contributed by atoms with Crippen LogP contribution in [-0.4, -0.2) is 39.1 Å². The summed E-state index contributed by atoms with van der Waals surface area (Å²) >= 11 is 0. The molecule has 0 heterocycles. The molecule has 6 heteroatoms. The molecule has 0 unspecified atom stereocenters. The summed E-state index contributed by atoms with van der Waals surface area (Å²) in [6.45, 7) is 1.20. The monoisotopic (exact) mass is 398 g/mol. The average Bonchev–Trinajstić information content (AvgIpc) is 2.76. The molecule has 2 aromatic carbocycles. The van der Waals surface area contributed by atoms with Crippen LogP contribution in [0.15, 0.2) is 48.5 Å². The van der Waals surface area contributed by atoms with Crippen LogP contribution in [0.25, 0.3) is 0 Å². The van der Waals surface area contributed by atoms with Gasteiger partial charge in [0.2, 0.25) is 5.91 Å². The lowest BCUT2D eigenvalue weighted by atomic mass is 10.1. The molecule has 0 fully saturated rings. The van der Waals surface area contributed by atoms with Crippen molar-refractivity contribution >= 4 is 11.8 Å². The first-order valence-corrected chi connectivity index (χ1v) is 9.95. The zero-order chi connectivity index (χ0) is 20.9. The second kappa shape index (κ2) is 12.4. The lowest BCUT2D eigenvalue weighted by Gasteiger charge is -2.10. The van der Waals surface area contributed by atoms with Crippen molar-refractivity contribution in [2.45, 2.75) is 32.1 Å². The van der Waals surface area contributed by atoms with Gasteiger partial charge in [-0.15, -0.1) is 0 Å². The molecule has 0 aliphatic rings. The van der Waals surface area contributed by atoms with Crippen LogP contribution in [0, 0.1) is 0 Å². The Morgan fingerprint density at radius 2 is 1.59 bits per heavy atom. The van der Waals surface area contributed by atoms with E-state index in [9.17, 15) is 9.59 Å². The third kappa shape index (κ3) is 7.86. The largest absolute Gasteiger partial charge is 0.493 e. The van der Waals surface area contributed by atoms with Crippen molar-refractivity contribution < 1.29 is 19.1 Å². The molecule has 0 aliphatic carbocycles. The van der Waals surface area contributed by atoms with Crippen molar-refractivity contribution in [2.75, 3.05) is 27.3 Å². The van der Waals surface area contributed by atoms with Gasteiger partial charge in [-0.25, -0.2) is 0 Å². The van der Waals surface area contributed by atoms with Gasteiger partial charge in [0.15, 0.2) is 11.5 Å². The number of rotatable bonds is 12. The summed E-state index contributed by atoms with van der Waals surface area (Å²) in [6.07, 6.45) is 3.80. The molecular formula is C23H30N2O4. The molecule has 0 bridgehead atoms. The topological polar surface area (TPSA) is 76.7 Å². The molecule has 0 spiro atoms. The van der Waals surface area contributed by atoms with Crippen molar-refractivity contribution in [3.05, 3.63) is 59.7 Å². The van der Waals surface area contributed by atoms with E-state index in [0.717, 1.165) is 31.2 Å². The second-order valence-corrected chi connectivity index (χ2v) is 6.72. The van der Waals surface area contributed by atoms with Crippen molar-refractivity contribution in [1.29, 1.82) is 0 Å². The fourth-order valence-corrected chi connectivity index (χ4v) is 2.95. The lowest BCUT2D eigenvalue weighted by Crippen LogP contribution is -2.26. The maximum Gasteiger partial charge on any atom is 0.251 e. The highest BCUT2D eigenvalue weighted by atomic mass is 16.5. The zero-order valence-electron chi connectivity index (χ0n) is 17.2. The quantitative estimate of drug-likeness (QED) is 0.538. The van der Waals surface area contributed by atoms with E-state index in [1.807, 2.05) is 36.4 Å². The van der Waals surface area contributed by atoms with E-state index < -0.39 is 0 Å². The van der Waals surface area contributed by atoms with Gasteiger partial charge in [0.25, 0.3) is 5.91 Å². The predicted octanol–water partition coefficient (Wildman–Crippen LogP) is 3.35. The smallest absolute Gasteiger partial charge is 0.251 e. The van der Waals surface area contributed by atoms with Crippen LogP contribution in [0.4, 0.5) is 0 Å². The number of nitrogens with one attached hydrogen (secondary N) is 2. The molecule has 29 heavy (non-hydrogen) atoms. The first kappa shape index (κ1) is 22.3. The number of hydrogen-bond acceptors (Lipinski definition) is 4. The lowest BCUT2D eigenvalue weighted by molar-refractivity contribution is -0.121. The van der Waals surface area contributed by atoms with Gasteiger partial charge in [0.1, 0.15) is 0 Å². The van der Waals surface area contributed by atoms with Crippen LogP contribution < -0.4 is 20.1 Å². The Morgan fingerprint density at radius 1 is 0.828 bits per heavy atom. The highest BCUT2D eigenvalue weighted by Crippen LogP contribution is 2.27. The van der Waals surface area contributed by atoms with Gasteiger partial charge in [0.05, 0.1) is 14.2 Å². The Bertz CT molecular complexity index is 778. The molecule has 0 saturated carbocycles. The fraction of sp³-hybridized carbons (Fsp3) is 0.391. The highest BCUT2D eigenvalue weighted by Gasteiger charge is 2.06. The standard InChI is InChI=1S/C23H30N2O4/c1-28-20-13-12-18(17-21(20)29-2)14-16-24-22(26)11-7-4-8-15-25-23(27)19-9-5-3-6-10-19/h3,5-6,9-10,12-13,17H,4,7-8,11,14-16H2,1-2H3,(H,24,26)(H,25,27).